The Morgan fingerprint density at radius 1 is 1.42 bits per heavy atom. The van der Waals surface area contributed by atoms with Crippen LogP contribution in [-0.4, -0.2) is 48.4 Å². The Morgan fingerprint density at radius 3 is 2.75 bits per heavy atom. The maximum atomic E-state index is 12.4. The third kappa shape index (κ3) is 4.62. The van der Waals surface area contributed by atoms with E-state index in [1.54, 1.807) is 28.2 Å². The van der Waals surface area contributed by atoms with Gasteiger partial charge in [-0.1, -0.05) is 0 Å². The van der Waals surface area contributed by atoms with E-state index < -0.39 is 10.0 Å². The molecule has 1 N–H and O–H groups in total. The van der Waals surface area contributed by atoms with Gasteiger partial charge in [0.1, 0.15) is 0 Å². The Labute approximate surface area is 141 Å². The van der Waals surface area contributed by atoms with Gasteiger partial charge in [0, 0.05) is 25.7 Å². The Balaban J connectivity index is 2.15. The quantitative estimate of drug-likeness (QED) is 0.798. The molecule has 0 unspecified atom stereocenters. The number of sulfonamides is 1. The third-order valence-corrected chi connectivity index (χ3v) is 4.12. The summed E-state index contributed by atoms with van der Waals surface area (Å²) in [4.78, 5) is 18.1. The van der Waals surface area contributed by atoms with Gasteiger partial charge in [0.25, 0.3) is 0 Å². The van der Waals surface area contributed by atoms with E-state index in [4.69, 9.17) is 0 Å². The topological polar surface area (TPSA) is 97.2 Å². The smallest absolute Gasteiger partial charge is 0.228 e. The number of nitrogens with one attached hydrogen (secondary N) is 1. The number of hydrogen-bond donors (Lipinski definition) is 1. The van der Waals surface area contributed by atoms with E-state index in [1.165, 1.54) is 0 Å². The summed E-state index contributed by atoms with van der Waals surface area (Å²) in [7, 11) is -3.30. The van der Waals surface area contributed by atoms with Crippen LogP contribution in [0.1, 0.15) is 19.0 Å². The fraction of sp³-hybridized carbons (Fsp3) is 0.400. The predicted octanol–water partition coefficient (Wildman–Crippen LogP) is 0.868. The van der Waals surface area contributed by atoms with Gasteiger partial charge in [-0.3, -0.25) is 9.78 Å². The lowest BCUT2D eigenvalue weighted by molar-refractivity contribution is -0.118. The zero-order chi connectivity index (χ0) is 17.7. The van der Waals surface area contributed by atoms with Crippen molar-refractivity contribution in [1.82, 2.24) is 19.5 Å². The van der Waals surface area contributed by atoms with Gasteiger partial charge in [-0.2, -0.15) is 5.10 Å². The maximum absolute atomic E-state index is 12.4. The largest absolute Gasteiger partial charge is 0.310 e. The predicted molar refractivity (Wildman–Crippen MR) is 91.6 cm³/mol. The van der Waals surface area contributed by atoms with Crippen LogP contribution in [0, 0.1) is 6.92 Å². The van der Waals surface area contributed by atoms with E-state index >= 15 is 0 Å². The first-order valence-electron chi connectivity index (χ1n) is 7.53. The van der Waals surface area contributed by atoms with E-state index in [0.717, 1.165) is 11.9 Å². The fourth-order valence-electron chi connectivity index (χ4n) is 2.30. The summed E-state index contributed by atoms with van der Waals surface area (Å²) in [6.45, 7) is 4.23. The zero-order valence-electron chi connectivity index (χ0n) is 13.9. The molecule has 0 aliphatic heterocycles. The Kier molecular flexibility index (Phi) is 5.68. The highest BCUT2D eigenvalue weighted by Crippen LogP contribution is 2.21. The molecular weight excluding hydrogens is 330 g/mol. The van der Waals surface area contributed by atoms with Gasteiger partial charge in [0.05, 0.1) is 35.7 Å². The first kappa shape index (κ1) is 18.1. The molecule has 0 aliphatic rings. The lowest BCUT2D eigenvalue weighted by atomic mass is 10.3. The van der Waals surface area contributed by atoms with Gasteiger partial charge in [0.2, 0.25) is 15.9 Å². The van der Waals surface area contributed by atoms with Crippen LogP contribution >= 0.6 is 0 Å². The third-order valence-electron chi connectivity index (χ3n) is 3.39. The van der Waals surface area contributed by atoms with Crippen LogP contribution in [0.5, 0.6) is 0 Å². The molecule has 2 rings (SSSR count). The summed E-state index contributed by atoms with van der Waals surface area (Å²) >= 11 is 0. The van der Waals surface area contributed by atoms with Gasteiger partial charge >= 0.3 is 0 Å². The molecule has 2 aromatic rings. The minimum atomic E-state index is -3.30. The van der Waals surface area contributed by atoms with Crippen molar-refractivity contribution in [3.8, 4) is 5.69 Å². The Morgan fingerprint density at radius 2 is 2.17 bits per heavy atom. The average molecular weight is 351 g/mol. The number of aromatic nitrogens is 3. The monoisotopic (exact) mass is 351 g/mol. The standard InChI is InChI=1S/C15H21N5O3S/c1-4-19(15(21)7-9-17-24(3,22)23)14-11-20(18-12(14)2)13-6-5-8-16-10-13/h5-6,8,10-11,17H,4,7,9H2,1-3H3. The number of carbonyl (C=O) groups is 1. The van der Waals surface area contributed by atoms with Crippen molar-refractivity contribution in [2.75, 3.05) is 24.2 Å². The molecule has 0 saturated carbocycles. The second-order valence-corrected chi connectivity index (χ2v) is 7.14. The number of carbonyl (C=O) groups excluding carboxylic acids is 1. The summed E-state index contributed by atoms with van der Waals surface area (Å²) < 4.78 is 26.2. The summed E-state index contributed by atoms with van der Waals surface area (Å²) in [6, 6.07) is 3.68. The highest BCUT2D eigenvalue weighted by Gasteiger charge is 2.19. The fourth-order valence-corrected chi connectivity index (χ4v) is 2.77. The number of amides is 1. The highest BCUT2D eigenvalue weighted by atomic mass is 32.2. The van der Waals surface area contributed by atoms with Gasteiger partial charge in [0.15, 0.2) is 0 Å². The number of pyridine rings is 1. The second kappa shape index (κ2) is 7.54. The molecule has 0 aromatic carbocycles. The van der Waals surface area contributed by atoms with E-state index in [-0.39, 0.29) is 18.9 Å². The highest BCUT2D eigenvalue weighted by molar-refractivity contribution is 7.88. The Hall–Kier alpha value is -2.26. The molecule has 130 valence electrons. The molecule has 1 amide bonds. The lowest BCUT2D eigenvalue weighted by Crippen LogP contribution is -2.34. The van der Waals surface area contributed by atoms with Crippen LogP contribution < -0.4 is 9.62 Å². The van der Waals surface area contributed by atoms with Gasteiger partial charge < -0.3 is 4.90 Å². The molecule has 0 fully saturated rings. The second-order valence-electron chi connectivity index (χ2n) is 5.31. The van der Waals surface area contributed by atoms with Crippen molar-refractivity contribution in [3.63, 3.8) is 0 Å². The summed E-state index contributed by atoms with van der Waals surface area (Å²) in [5.74, 6) is -0.164. The molecule has 0 radical (unpaired) electrons. The van der Waals surface area contributed by atoms with Crippen molar-refractivity contribution < 1.29 is 13.2 Å². The molecule has 0 saturated heterocycles. The molecule has 9 heteroatoms. The molecule has 2 aromatic heterocycles. The van der Waals surface area contributed by atoms with E-state index in [1.807, 2.05) is 26.0 Å². The molecule has 0 bridgehead atoms. The molecule has 0 aliphatic carbocycles. The maximum Gasteiger partial charge on any atom is 0.228 e. The minimum Gasteiger partial charge on any atom is -0.310 e. The van der Waals surface area contributed by atoms with Gasteiger partial charge in [-0.25, -0.2) is 17.8 Å². The SMILES string of the molecule is CCN(C(=O)CCNS(C)(=O)=O)c1cn(-c2cccnc2)nc1C. The number of rotatable bonds is 7. The molecule has 8 nitrogen and oxygen atoms in total. The molecule has 0 spiro atoms. The van der Waals surface area contributed by atoms with Crippen molar-refractivity contribution in [3.05, 3.63) is 36.4 Å². The number of aryl methyl sites for hydroxylation is 1. The van der Waals surface area contributed by atoms with Crippen molar-refractivity contribution in [2.45, 2.75) is 20.3 Å². The molecular formula is C15H21N5O3S. The van der Waals surface area contributed by atoms with Crippen molar-refractivity contribution in [1.29, 1.82) is 0 Å². The summed E-state index contributed by atoms with van der Waals surface area (Å²) in [5, 5.41) is 4.42. The van der Waals surface area contributed by atoms with Crippen molar-refractivity contribution in [2.24, 2.45) is 0 Å². The molecule has 24 heavy (non-hydrogen) atoms. The van der Waals surface area contributed by atoms with Gasteiger partial charge in [-0.15, -0.1) is 0 Å². The van der Waals surface area contributed by atoms with Crippen molar-refractivity contribution >= 4 is 21.6 Å². The number of hydrogen-bond acceptors (Lipinski definition) is 5. The van der Waals surface area contributed by atoms with Crippen LogP contribution in [0.3, 0.4) is 0 Å². The van der Waals surface area contributed by atoms with Crippen LogP contribution in [-0.2, 0) is 14.8 Å². The minimum absolute atomic E-state index is 0.0734. The first-order valence-corrected chi connectivity index (χ1v) is 9.42. The lowest BCUT2D eigenvalue weighted by Gasteiger charge is -2.20. The summed E-state index contributed by atoms with van der Waals surface area (Å²) in [5.41, 5.74) is 2.21. The van der Waals surface area contributed by atoms with E-state index in [2.05, 4.69) is 14.8 Å². The van der Waals surface area contributed by atoms with Gasteiger partial charge in [-0.05, 0) is 26.0 Å². The average Bonchev–Trinajstić information content (AvgIpc) is 2.90. The van der Waals surface area contributed by atoms with Crippen LogP contribution in [0.4, 0.5) is 5.69 Å². The van der Waals surface area contributed by atoms with Crippen LogP contribution in [0.2, 0.25) is 0 Å². The van der Waals surface area contributed by atoms with E-state index in [0.29, 0.717) is 17.9 Å². The first-order chi connectivity index (χ1) is 11.3. The van der Waals surface area contributed by atoms with Crippen LogP contribution in [0.25, 0.3) is 5.69 Å². The number of nitrogens with zero attached hydrogens (tertiary/aromatic N) is 4. The molecule has 0 atom stereocenters. The number of anilines is 1. The van der Waals surface area contributed by atoms with Crippen LogP contribution in [0.15, 0.2) is 30.7 Å². The summed E-state index contributed by atoms with van der Waals surface area (Å²) in [6.07, 6.45) is 6.29. The molecule has 2 heterocycles. The zero-order valence-corrected chi connectivity index (χ0v) is 14.7. The normalized spacial score (nSPS) is 11.5. The Bertz CT molecular complexity index is 802. The van der Waals surface area contributed by atoms with E-state index in [9.17, 15) is 13.2 Å².